The van der Waals surface area contributed by atoms with Gasteiger partial charge in [-0.3, -0.25) is 4.79 Å². The van der Waals surface area contributed by atoms with Crippen molar-refractivity contribution in [2.24, 2.45) is 0 Å². The fourth-order valence-corrected chi connectivity index (χ4v) is 5.36. The molecule has 0 saturated heterocycles. The molecule has 1 aliphatic heterocycles. The van der Waals surface area contributed by atoms with Crippen LogP contribution in [-0.2, 0) is 0 Å². The van der Waals surface area contributed by atoms with Crippen LogP contribution in [0.15, 0.2) is 22.7 Å². The first kappa shape index (κ1) is 18.1. The maximum absolute atomic E-state index is 13.1. The van der Waals surface area contributed by atoms with Crippen LogP contribution in [0.2, 0.25) is 0 Å². The number of benzene rings is 1. The van der Waals surface area contributed by atoms with Gasteiger partial charge in [-0.05, 0) is 50.5 Å². The first-order chi connectivity index (χ1) is 13.5. The van der Waals surface area contributed by atoms with Gasteiger partial charge in [0.1, 0.15) is 16.4 Å². The second-order valence-corrected chi connectivity index (χ2v) is 9.44. The van der Waals surface area contributed by atoms with Gasteiger partial charge in [-0.2, -0.15) is 0 Å². The van der Waals surface area contributed by atoms with Crippen LogP contribution in [-0.4, -0.2) is 22.5 Å². The highest BCUT2D eigenvalue weighted by Crippen LogP contribution is 2.41. The van der Waals surface area contributed by atoms with Crippen LogP contribution in [0, 0.1) is 13.8 Å². The number of nitrogens with zero attached hydrogens (tertiary/aromatic N) is 2. The number of thiophene rings is 1. The van der Waals surface area contributed by atoms with E-state index in [0.717, 1.165) is 54.4 Å². The van der Waals surface area contributed by atoms with E-state index in [9.17, 15) is 4.79 Å². The smallest absolute Gasteiger partial charge is 0.262 e. The summed E-state index contributed by atoms with van der Waals surface area (Å²) in [5.41, 5.74) is 2.96. The minimum atomic E-state index is -0.0624. The zero-order valence-corrected chi connectivity index (χ0v) is 18.1. The van der Waals surface area contributed by atoms with Crippen LogP contribution in [0.4, 0.5) is 0 Å². The third-order valence-corrected chi connectivity index (χ3v) is 7.13. The Kier molecular flexibility index (Phi) is 4.39. The van der Waals surface area contributed by atoms with Crippen molar-refractivity contribution in [3.63, 3.8) is 0 Å². The summed E-state index contributed by atoms with van der Waals surface area (Å²) in [5, 5.41) is 4.23. The van der Waals surface area contributed by atoms with Gasteiger partial charge in [0.2, 0.25) is 0 Å². The number of rotatable bonds is 3. The monoisotopic (exact) mass is 457 g/mol. The normalized spacial score (nSPS) is 18.6. The number of hydrogen-bond acceptors (Lipinski definition) is 5. The van der Waals surface area contributed by atoms with Gasteiger partial charge in [-0.1, -0.05) is 15.9 Å². The molecule has 2 aliphatic rings. The van der Waals surface area contributed by atoms with Crippen LogP contribution in [0.25, 0.3) is 10.2 Å². The number of nitrogens with one attached hydrogen (secondary N) is 1. The van der Waals surface area contributed by atoms with Crippen molar-refractivity contribution in [3.05, 3.63) is 50.2 Å². The van der Waals surface area contributed by atoms with Crippen molar-refractivity contribution in [2.45, 2.75) is 45.1 Å². The van der Waals surface area contributed by atoms with E-state index in [4.69, 9.17) is 14.7 Å². The van der Waals surface area contributed by atoms with Gasteiger partial charge < -0.3 is 10.1 Å². The number of carbonyl (C=O) groups is 1. The SMILES string of the molecule is Cc1nc(C2CC2)nc2sc(C(=O)NC3CCOc4ccc(Br)cc43)c(C)c12. The quantitative estimate of drug-likeness (QED) is 0.586. The van der Waals surface area contributed by atoms with Gasteiger partial charge in [0.15, 0.2) is 0 Å². The predicted octanol–water partition coefficient (Wildman–Crippen LogP) is 5.20. The predicted molar refractivity (Wildman–Crippen MR) is 113 cm³/mol. The molecule has 1 unspecified atom stereocenters. The molecule has 5 rings (SSSR count). The summed E-state index contributed by atoms with van der Waals surface area (Å²) in [6, 6.07) is 5.86. The Hall–Kier alpha value is -1.99. The summed E-state index contributed by atoms with van der Waals surface area (Å²) in [6.07, 6.45) is 3.09. The van der Waals surface area contributed by atoms with Crippen molar-refractivity contribution in [3.8, 4) is 5.75 Å². The van der Waals surface area contributed by atoms with Crippen LogP contribution in [0.3, 0.4) is 0 Å². The molecule has 1 aliphatic carbocycles. The van der Waals surface area contributed by atoms with Crippen LogP contribution in [0.1, 0.15) is 63.5 Å². The summed E-state index contributed by atoms with van der Waals surface area (Å²) in [6.45, 7) is 4.61. The third-order valence-electron chi connectivity index (χ3n) is 5.45. The summed E-state index contributed by atoms with van der Waals surface area (Å²) in [4.78, 5) is 24.2. The molecule has 2 aromatic heterocycles. The van der Waals surface area contributed by atoms with Crippen molar-refractivity contribution < 1.29 is 9.53 Å². The average molecular weight is 458 g/mol. The first-order valence-electron chi connectivity index (χ1n) is 9.52. The molecule has 3 aromatic rings. The second-order valence-electron chi connectivity index (χ2n) is 7.52. The van der Waals surface area contributed by atoms with E-state index in [0.29, 0.717) is 12.5 Å². The number of halogens is 1. The van der Waals surface area contributed by atoms with Crippen molar-refractivity contribution in [1.82, 2.24) is 15.3 Å². The van der Waals surface area contributed by atoms with Gasteiger partial charge in [-0.25, -0.2) is 9.97 Å². The third kappa shape index (κ3) is 3.10. The Morgan fingerprint density at radius 1 is 1.25 bits per heavy atom. The summed E-state index contributed by atoms with van der Waals surface area (Å²) >= 11 is 4.99. The minimum Gasteiger partial charge on any atom is -0.493 e. The fourth-order valence-electron chi connectivity index (χ4n) is 3.84. The first-order valence-corrected chi connectivity index (χ1v) is 11.1. The molecule has 0 radical (unpaired) electrons. The Morgan fingerprint density at radius 2 is 2.07 bits per heavy atom. The molecule has 0 spiro atoms. The van der Waals surface area contributed by atoms with E-state index in [2.05, 4.69) is 21.2 Å². The van der Waals surface area contributed by atoms with E-state index in [1.54, 1.807) is 0 Å². The maximum atomic E-state index is 13.1. The van der Waals surface area contributed by atoms with E-state index in [-0.39, 0.29) is 11.9 Å². The zero-order valence-electron chi connectivity index (χ0n) is 15.7. The van der Waals surface area contributed by atoms with Gasteiger partial charge >= 0.3 is 0 Å². The van der Waals surface area contributed by atoms with E-state index >= 15 is 0 Å². The van der Waals surface area contributed by atoms with E-state index < -0.39 is 0 Å². The second kappa shape index (κ2) is 6.81. The van der Waals surface area contributed by atoms with Crippen LogP contribution < -0.4 is 10.1 Å². The molecule has 144 valence electrons. The Bertz CT molecular complexity index is 1110. The lowest BCUT2D eigenvalue weighted by atomic mass is 10.0. The van der Waals surface area contributed by atoms with E-state index in [1.165, 1.54) is 24.2 Å². The number of aryl methyl sites for hydroxylation is 2. The largest absolute Gasteiger partial charge is 0.493 e. The molecule has 5 nitrogen and oxygen atoms in total. The highest BCUT2D eigenvalue weighted by Gasteiger charge is 2.29. The molecule has 28 heavy (non-hydrogen) atoms. The highest BCUT2D eigenvalue weighted by atomic mass is 79.9. The summed E-state index contributed by atoms with van der Waals surface area (Å²) in [7, 11) is 0. The molecule has 3 heterocycles. The van der Waals surface area contributed by atoms with E-state index in [1.807, 2.05) is 32.0 Å². The topological polar surface area (TPSA) is 64.1 Å². The molecule has 1 amide bonds. The number of hydrogen-bond donors (Lipinski definition) is 1. The number of carbonyl (C=O) groups excluding carboxylic acids is 1. The summed E-state index contributed by atoms with van der Waals surface area (Å²) in [5.74, 6) is 2.22. The molecule has 1 atom stereocenters. The standard InChI is InChI=1S/C21H20BrN3O2S/c1-10-17-11(2)23-19(12-3-4-12)25-21(17)28-18(10)20(26)24-15-7-8-27-16-6-5-13(22)9-14(15)16/h5-6,9,12,15H,3-4,7-8H2,1-2H3,(H,24,26). The lowest BCUT2D eigenvalue weighted by Gasteiger charge is -2.26. The average Bonchev–Trinajstić information content (AvgIpc) is 3.46. The lowest BCUT2D eigenvalue weighted by Crippen LogP contribution is -2.32. The number of fused-ring (bicyclic) bond motifs is 2. The van der Waals surface area contributed by atoms with Gasteiger partial charge in [-0.15, -0.1) is 11.3 Å². The fraction of sp³-hybridized carbons (Fsp3) is 0.381. The minimum absolute atomic E-state index is 0.0503. The van der Waals surface area contributed by atoms with Gasteiger partial charge in [0, 0.05) is 27.8 Å². The highest BCUT2D eigenvalue weighted by molar-refractivity contribution is 9.10. The number of ether oxygens (including phenoxy) is 1. The Morgan fingerprint density at radius 3 is 2.86 bits per heavy atom. The number of aromatic nitrogens is 2. The molecule has 7 heteroatoms. The lowest BCUT2D eigenvalue weighted by molar-refractivity contribution is 0.0928. The van der Waals surface area contributed by atoms with Gasteiger partial charge in [0.05, 0.1) is 23.2 Å². The molecule has 1 N–H and O–H groups in total. The Labute approximate surface area is 175 Å². The number of amides is 1. The maximum Gasteiger partial charge on any atom is 0.262 e. The summed E-state index contributed by atoms with van der Waals surface area (Å²) < 4.78 is 6.72. The van der Waals surface area contributed by atoms with Crippen molar-refractivity contribution >= 4 is 43.4 Å². The molecule has 1 aromatic carbocycles. The van der Waals surface area contributed by atoms with Gasteiger partial charge in [0.25, 0.3) is 5.91 Å². The van der Waals surface area contributed by atoms with Crippen molar-refractivity contribution in [1.29, 1.82) is 0 Å². The molecular weight excluding hydrogens is 438 g/mol. The Balaban J connectivity index is 1.48. The molecule has 0 bridgehead atoms. The zero-order chi connectivity index (χ0) is 19.4. The molecule has 1 fully saturated rings. The molecule has 1 saturated carbocycles. The van der Waals surface area contributed by atoms with Crippen LogP contribution in [0.5, 0.6) is 5.75 Å². The van der Waals surface area contributed by atoms with Crippen LogP contribution >= 0.6 is 27.3 Å². The molecular formula is C21H20BrN3O2S. The van der Waals surface area contributed by atoms with Crippen molar-refractivity contribution in [2.75, 3.05) is 6.61 Å².